The van der Waals surface area contributed by atoms with Gasteiger partial charge in [0.2, 0.25) is 0 Å². The first-order chi connectivity index (χ1) is 6.66. The summed E-state index contributed by atoms with van der Waals surface area (Å²) in [5.41, 5.74) is 2.74. The molecule has 1 aromatic rings. The molecule has 14 heavy (non-hydrogen) atoms. The average molecular weight is 189 g/mol. The van der Waals surface area contributed by atoms with Crippen molar-refractivity contribution in [2.45, 2.75) is 13.8 Å². The first-order valence-corrected chi connectivity index (χ1v) is 4.61. The highest BCUT2D eigenvalue weighted by Gasteiger charge is 2.06. The van der Waals surface area contributed by atoms with Crippen molar-refractivity contribution in [3.8, 4) is 0 Å². The van der Waals surface area contributed by atoms with Crippen molar-refractivity contribution in [1.29, 1.82) is 0 Å². The van der Waals surface area contributed by atoms with Gasteiger partial charge in [0.1, 0.15) is 0 Å². The van der Waals surface area contributed by atoms with Crippen LogP contribution in [0.2, 0.25) is 0 Å². The van der Waals surface area contributed by atoms with E-state index < -0.39 is 0 Å². The fraction of sp³-hybridized carbons (Fsp3) is 0.250. The van der Waals surface area contributed by atoms with Crippen molar-refractivity contribution in [2.75, 3.05) is 7.05 Å². The first-order valence-electron chi connectivity index (χ1n) is 4.61. The second-order valence-corrected chi connectivity index (χ2v) is 3.17. The molecule has 0 aliphatic heterocycles. The highest BCUT2D eigenvalue weighted by Crippen LogP contribution is 2.16. The maximum absolute atomic E-state index is 11.3. The van der Waals surface area contributed by atoms with Crippen molar-refractivity contribution in [3.05, 3.63) is 41.6 Å². The number of hydrogen-bond acceptors (Lipinski definition) is 2. The molecule has 2 heteroatoms. The predicted molar refractivity (Wildman–Crippen MR) is 58.8 cm³/mol. The van der Waals surface area contributed by atoms with Gasteiger partial charge < -0.3 is 5.32 Å². The standard InChI is InChI=1S/C12H15NO/c1-9(12(13-3)10(2)14)11-7-5-4-6-8-11/h4-8,13H,1-3H3/b12-9-. The lowest BCUT2D eigenvalue weighted by Gasteiger charge is -2.08. The molecule has 0 radical (unpaired) electrons. The molecule has 0 atom stereocenters. The number of carbonyl (C=O) groups excluding carboxylic acids is 1. The number of likely N-dealkylation sites (N-methyl/N-ethyl adjacent to an activating group) is 1. The molecule has 0 amide bonds. The summed E-state index contributed by atoms with van der Waals surface area (Å²) in [7, 11) is 1.77. The molecule has 0 spiro atoms. The number of nitrogens with one attached hydrogen (secondary N) is 1. The summed E-state index contributed by atoms with van der Waals surface area (Å²) in [6.45, 7) is 3.51. The molecular weight excluding hydrogens is 174 g/mol. The fourth-order valence-electron chi connectivity index (χ4n) is 1.46. The Hall–Kier alpha value is -1.57. The lowest BCUT2D eigenvalue weighted by molar-refractivity contribution is -0.113. The van der Waals surface area contributed by atoms with Gasteiger partial charge in [-0.25, -0.2) is 0 Å². The Morgan fingerprint density at radius 3 is 2.14 bits per heavy atom. The number of allylic oxidation sites excluding steroid dienone is 2. The van der Waals surface area contributed by atoms with Gasteiger partial charge in [0, 0.05) is 14.0 Å². The summed E-state index contributed by atoms with van der Waals surface area (Å²) in [5, 5.41) is 2.93. The number of hydrogen-bond donors (Lipinski definition) is 1. The van der Waals surface area contributed by atoms with Gasteiger partial charge in [0.05, 0.1) is 5.70 Å². The Balaban J connectivity index is 3.15. The normalized spacial score (nSPS) is 11.9. The SMILES string of the molecule is CN/C(C(C)=O)=C(/C)c1ccccc1. The summed E-state index contributed by atoms with van der Waals surface area (Å²) < 4.78 is 0. The quantitative estimate of drug-likeness (QED) is 0.739. The van der Waals surface area contributed by atoms with Crippen LogP contribution < -0.4 is 5.32 Å². The Labute approximate surface area is 84.6 Å². The molecule has 0 aliphatic rings. The van der Waals surface area contributed by atoms with Gasteiger partial charge in [-0.15, -0.1) is 0 Å². The van der Waals surface area contributed by atoms with Crippen molar-refractivity contribution in [2.24, 2.45) is 0 Å². The van der Waals surface area contributed by atoms with E-state index in [1.54, 1.807) is 14.0 Å². The molecule has 2 nitrogen and oxygen atoms in total. The Bertz CT molecular complexity index is 352. The maximum Gasteiger partial charge on any atom is 0.175 e. The van der Waals surface area contributed by atoms with Crippen LogP contribution in [-0.4, -0.2) is 12.8 Å². The topological polar surface area (TPSA) is 29.1 Å². The number of Topliss-reactive ketones (excluding diaryl/α,β-unsaturated/α-hetero) is 1. The average Bonchev–Trinajstić information content (AvgIpc) is 2.19. The smallest absolute Gasteiger partial charge is 0.175 e. The van der Waals surface area contributed by atoms with Crippen LogP contribution >= 0.6 is 0 Å². The van der Waals surface area contributed by atoms with E-state index in [1.807, 2.05) is 37.3 Å². The van der Waals surface area contributed by atoms with Crippen molar-refractivity contribution >= 4 is 11.4 Å². The Kier molecular flexibility index (Phi) is 3.46. The van der Waals surface area contributed by atoms with E-state index in [0.717, 1.165) is 11.1 Å². The molecule has 0 saturated carbocycles. The van der Waals surface area contributed by atoms with Crippen LogP contribution in [0.5, 0.6) is 0 Å². The van der Waals surface area contributed by atoms with Crippen LogP contribution in [0.25, 0.3) is 5.57 Å². The zero-order valence-corrected chi connectivity index (χ0v) is 8.79. The third kappa shape index (κ3) is 2.22. The van der Waals surface area contributed by atoms with E-state index in [2.05, 4.69) is 5.32 Å². The van der Waals surface area contributed by atoms with E-state index in [0.29, 0.717) is 5.70 Å². The van der Waals surface area contributed by atoms with E-state index in [4.69, 9.17) is 0 Å². The van der Waals surface area contributed by atoms with Gasteiger partial charge in [-0.3, -0.25) is 4.79 Å². The number of carbonyl (C=O) groups is 1. The van der Waals surface area contributed by atoms with Gasteiger partial charge in [0.25, 0.3) is 0 Å². The zero-order chi connectivity index (χ0) is 10.6. The van der Waals surface area contributed by atoms with Crippen molar-refractivity contribution in [3.63, 3.8) is 0 Å². The second-order valence-electron chi connectivity index (χ2n) is 3.17. The molecule has 74 valence electrons. The molecule has 0 bridgehead atoms. The monoisotopic (exact) mass is 189 g/mol. The van der Waals surface area contributed by atoms with Crippen LogP contribution in [0.1, 0.15) is 19.4 Å². The molecule has 0 unspecified atom stereocenters. The molecule has 0 aromatic heterocycles. The van der Waals surface area contributed by atoms with E-state index in [1.165, 1.54) is 0 Å². The molecule has 1 rings (SSSR count). The zero-order valence-electron chi connectivity index (χ0n) is 8.79. The minimum atomic E-state index is 0.0638. The number of rotatable bonds is 3. The molecule has 0 heterocycles. The van der Waals surface area contributed by atoms with Gasteiger partial charge in [-0.1, -0.05) is 30.3 Å². The molecule has 0 saturated heterocycles. The first kappa shape index (κ1) is 10.5. The van der Waals surface area contributed by atoms with Crippen LogP contribution in [0.15, 0.2) is 36.0 Å². The second kappa shape index (κ2) is 4.61. The van der Waals surface area contributed by atoms with Gasteiger partial charge >= 0.3 is 0 Å². The largest absolute Gasteiger partial charge is 0.385 e. The molecule has 1 N–H and O–H groups in total. The van der Waals surface area contributed by atoms with Crippen molar-refractivity contribution < 1.29 is 4.79 Å². The van der Waals surface area contributed by atoms with E-state index in [-0.39, 0.29) is 5.78 Å². The minimum Gasteiger partial charge on any atom is -0.385 e. The number of ketones is 1. The van der Waals surface area contributed by atoms with E-state index >= 15 is 0 Å². The highest BCUT2D eigenvalue weighted by atomic mass is 16.1. The summed E-state index contributed by atoms with van der Waals surface area (Å²) >= 11 is 0. The summed E-state index contributed by atoms with van der Waals surface area (Å²) in [6.07, 6.45) is 0. The molecular formula is C12H15NO. The summed E-state index contributed by atoms with van der Waals surface area (Å²) in [6, 6.07) is 9.88. The van der Waals surface area contributed by atoms with Crippen molar-refractivity contribution in [1.82, 2.24) is 5.32 Å². The molecule has 0 aliphatic carbocycles. The lowest BCUT2D eigenvalue weighted by atomic mass is 10.0. The van der Waals surface area contributed by atoms with Crippen LogP contribution in [0.3, 0.4) is 0 Å². The number of benzene rings is 1. The van der Waals surface area contributed by atoms with Crippen LogP contribution in [-0.2, 0) is 4.79 Å². The molecule has 1 aromatic carbocycles. The predicted octanol–water partition coefficient (Wildman–Crippen LogP) is 2.23. The van der Waals surface area contributed by atoms with Gasteiger partial charge in [-0.05, 0) is 18.1 Å². The van der Waals surface area contributed by atoms with E-state index in [9.17, 15) is 4.79 Å². The van der Waals surface area contributed by atoms with Gasteiger partial charge in [-0.2, -0.15) is 0 Å². The lowest BCUT2D eigenvalue weighted by Crippen LogP contribution is -2.15. The third-order valence-electron chi connectivity index (χ3n) is 2.18. The Morgan fingerprint density at radius 2 is 1.71 bits per heavy atom. The third-order valence-corrected chi connectivity index (χ3v) is 2.18. The highest BCUT2D eigenvalue weighted by molar-refractivity contribution is 6.00. The maximum atomic E-state index is 11.3. The minimum absolute atomic E-state index is 0.0638. The van der Waals surface area contributed by atoms with Gasteiger partial charge in [0.15, 0.2) is 5.78 Å². The van der Waals surface area contributed by atoms with Crippen LogP contribution in [0.4, 0.5) is 0 Å². The Morgan fingerprint density at radius 1 is 1.14 bits per heavy atom. The summed E-state index contributed by atoms with van der Waals surface area (Å²) in [5.74, 6) is 0.0638. The summed E-state index contributed by atoms with van der Waals surface area (Å²) in [4.78, 5) is 11.3. The molecule has 0 fully saturated rings. The fourth-order valence-corrected chi connectivity index (χ4v) is 1.46. The van der Waals surface area contributed by atoms with Crippen LogP contribution in [0, 0.1) is 0 Å².